The standard InChI is InChI=1S/C22H26N4O2S2/c1-14-7-6-10-18(15(14)2)24-19(27)13-29-12-17-11-20(28)26-22(23-17)30-21(25-26)16-8-4-3-5-9-16/h6-7,10-11,16H,3-5,8-9,12-13H2,1-2H3,(H,24,27). The zero-order valence-electron chi connectivity index (χ0n) is 17.3. The van der Waals surface area contributed by atoms with Crippen molar-refractivity contribution in [2.24, 2.45) is 0 Å². The van der Waals surface area contributed by atoms with E-state index >= 15 is 0 Å². The van der Waals surface area contributed by atoms with E-state index in [2.05, 4.69) is 15.4 Å². The maximum atomic E-state index is 12.5. The van der Waals surface area contributed by atoms with E-state index in [0.717, 1.165) is 34.7 Å². The number of hydrogen-bond donors (Lipinski definition) is 1. The number of benzene rings is 1. The van der Waals surface area contributed by atoms with Crippen LogP contribution in [-0.2, 0) is 10.5 Å². The number of aromatic nitrogens is 3. The van der Waals surface area contributed by atoms with Gasteiger partial charge in [-0.2, -0.15) is 9.61 Å². The summed E-state index contributed by atoms with van der Waals surface area (Å²) < 4.78 is 1.43. The van der Waals surface area contributed by atoms with E-state index in [1.165, 1.54) is 52.9 Å². The van der Waals surface area contributed by atoms with Gasteiger partial charge in [0, 0.05) is 23.4 Å². The molecule has 158 valence electrons. The number of hydrogen-bond acceptors (Lipinski definition) is 6. The van der Waals surface area contributed by atoms with Crippen LogP contribution in [-0.4, -0.2) is 26.3 Å². The van der Waals surface area contributed by atoms with E-state index < -0.39 is 0 Å². The highest BCUT2D eigenvalue weighted by molar-refractivity contribution is 7.99. The molecular weight excluding hydrogens is 416 g/mol. The summed E-state index contributed by atoms with van der Waals surface area (Å²) in [6.45, 7) is 4.03. The summed E-state index contributed by atoms with van der Waals surface area (Å²) in [5.41, 5.74) is 3.63. The average molecular weight is 443 g/mol. The van der Waals surface area contributed by atoms with Crippen LogP contribution in [0.25, 0.3) is 4.96 Å². The highest BCUT2D eigenvalue weighted by atomic mass is 32.2. The Balaban J connectivity index is 1.38. The molecular formula is C22H26N4O2S2. The molecule has 1 fully saturated rings. The minimum Gasteiger partial charge on any atom is -0.325 e. The van der Waals surface area contributed by atoms with Crippen LogP contribution in [0.3, 0.4) is 0 Å². The first kappa shape index (κ1) is 21.1. The maximum absolute atomic E-state index is 12.5. The third-order valence-electron chi connectivity index (χ3n) is 5.63. The van der Waals surface area contributed by atoms with Crippen LogP contribution in [0, 0.1) is 13.8 Å². The van der Waals surface area contributed by atoms with E-state index in [1.54, 1.807) is 0 Å². The van der Waals surface area contributed by atoms with E-state index in [9.17, 15) is 9.59 Å². The Morgan fingerprint density at radius 2 is 2.07 bits per heavy atom. The van der Waals surface area contributed by atoms with Crippen molar-refractivity contribution in [3.8, 4) is 0 Å². The predicted molar refractivity (Wildman–Crippen MR) is 124 cm³/mol. The number of aryl methyl sites for hydroxylation is 1. The second-order valence-corrected chi connectivity index (χ2v) is 9.82. The number of carbonyl (C=O) groups is 1. The number of anilines is 1. The fraction of sp³-hybridized carbons (Fsp3) is 0.455. The van der Waals surface area contributed by atoms with Crippen molar-refractivity contribution in [2.75, 3.05) is 11.1 Å². The van der Waals surface area contributed by atoms with Crippen molar-refractivity contribution >= 4 is 39.7 Å². The van der Waals surface area contributed by atoms with Crippen LogP contribution in [0.1, 0.15) is 59.9 Å². The van der Waals surface area contributed by atoms with Crippen molar-refractivity contribution in [1.82, 2.24) is 14.6 Å². The molecule has 4 rings (SSSR count). The molecule has 6 nitrogen and oxygen atoms in total. The SMILES string of the molecule is Cc1cccc(NC(=O)CSCc2cc(=O)n3nc(C4CCCCC4)sc3n2)c1C. The third kappa shape index (κ3) is 4.75. The quantitative estimate of drug-likeness (QED) is 0.599. The molecule has 0 spiro atoms. The lowest BCUT2D eigenvalue weighted by Gasteiger charge is -2.18. The molecule has 2 aromatic heterocycles. The summed E-state index contributed by atoms with van der Waals surface area (Å²) in [5.74, 6) is 1.23. The molecule has 0 radical (unpaired) electrons. The van der Waals surface area contributed by atoms with Crippen LogP contribution in [0.2, 0.25) is 0 Å². The van der Waals surface area contributed by atoms with Gasteiger partial charge in [-0.15, -0.1) is 11.8 Å². The zero-order valence-corrected chi connectivity index (χ0v) is 18.9. The predicted octanol–water partition coefficient (Wildman–Crippen LogP) is 4.69. The molecule has 1 aliphatic rings. The van der Waals surface area contributed by atoms with Crippen molar-refractivity contribution < 1.29 is 4.79 Å². The van der Waals surface area contributed by atoms with Crippen LogP contribution in [0.4, 0.5) is 5.69 Å². The minimum absolute atomic E-state index is 0.0520. The lowest BCUT2D eigenvalue weighted by molar-refractivity contribution is -0.113. The summed E-state index contributed by atoms with van der Waals surface area (Å²) in [6.07, 6.45) is 6.04. The molecule has 0 atom stereocenters. The van der Waals surface area contributed by atoms with Crippen molar-refractivity contribution in [3.05, 3.63) is 56.4 Å². The summed E-state index contributed by atoms with van der Waals surface area (Å²) in [6, 6.07) is 7.41. The Morgan fingerprint density at radius 1 is 1.27 bits per heavy atom. The van der Waals surface area contributed by atoms with Gasteiger partial charge in [0.2, 0.25) is 10.9 Å². The average Bonchev–Trinajstić information content (AvgIpc) is 3.17. The Kier molecular flexibility index (Phi) is 6.53. The summed E-state index contributed by atoms with van der Waals surface area (Å²) in [7, 11) is 0. The second kappa shape index (κ2) is 9.31. The summed E-state index contributed by atoms with van der Waals surface area (Å²) >= 11 is 2.99. The van der Waals surface area contributed by atoms with Gasteiger partial charge in [0.05, 0.1) is 11.4 Å². The van der Waals surface area contributed by atoms with Crippen molar-refractivity contribution in [3.63, 3.8) is 0 Å². The van der Waals surface area contributed by atoms with E-state index in [0.29, 0.717) is 28.1 Å². The molecule has 0 aliphatic heterocycles. The monoisotopic (exact) mass is 442 g/mol. The zero-order chi connectivity index (χ0) is 21.1. The molecule has 0 saturated heterocycles. The lowest BCUT2D eigenvalue weighted by Crippen LogP contribution is -2.17. The van der Waals surface area contributed by atoms with E-state index in [-0.39, 0.29) is 11.5 Å². The fourth-order valence-electron chi connectivity index (χ4n) is 3.78. The molecule has 1 aromatic carbocycles. The number of thioether (sulfide) groups is 1. The maximum Gasteiger partial charge on any atom is 0.275 e. The summed E-state index contributed by atoms with van der Waals surface area (Å²) in [4.78, 5) is 30.1. The minimum atomic E-state index is -0.145. The molecule has 1 amide bonds. The van der Waals surface area contributed by atoms with Gasteiger partial charge in [-0.05, 0) is 43.9 Å². The topological polar surface area (TPSA) is 76.4 Å². The highest BCUT2D eigenvalue weighted by Crippen LogP contribution is 2.34. The first-order valence-corrected chi connectivity index (χ1v) is 12.3. The van der Waals surface area contributed by atoms with Gasteiger partial charge < -0.3 is 5.32 Å². The van der Waals surface area contributed by atoms with Gasteiger partial charge in [-0.25, -0.2) is 4.98 Å². The number of carbonyl (C=O) groups excluding carboxylic acids is 1. The Labute approximate surface area is 184 Å². The molecule has 2 heterocycles. The van der Waals surface area contributed by atoms with Crippen LogP contribution >= 0.6 is 23.1 Å². The van der Waals surface area contributed by atoms with Crippen LogP contribution < -0.4 is 10.9 Å². The van der Waals surface area contributed by atoms with Gasteiger partial charge in [0.15, 0.2) is 0 Å². The number of fused-ring (bicyclic) bond motifs is 1. The molecule has 0 bridgehead atoms. The Hall–Kier alpha value is -2.19. The summed E-state index contributed by atoms with van der Waals surface area (Å²) in [5, 5.41) is 8.53. The Bertz CT molecular complexity index is 1120. The largest absolute Gasteiger partial charge is 0.325 e. The first-order chi connectivity index (χ1) is 14.5. The van der Waals surface area contributed by atoms with Gasteiger partial charge in [0.1, 0.15) is 5.01 Å². The van der Waals surface area contributed by atoms with Gasteiger partial charge in [-0.1, -0.05) is 42.7 Å². The third-order valence-corrected chi connectivity index (χ3v) is 7.67. The van der Waals surface area contributed by atoms with Gasteiger partial charge >= 0.3 is 0 Å². The smallest absolute Gasteiger partial charge is 0.275 e. The molecule has 30 heavy (non-hydrogen) atoms. The van der Waals surface area contributed by atoms with Gasteiger partial charge in [-0.3, -0.25) is 9.59 Å². The second-order valence-electron chi connectivity index (χ2n) is 7.84. The molecule has 0 unspecified atom stereocenters. The Morgan fingerprint density at radius 3 is 2.87 bits per heavy atom. The van der Waals surface area contributed by atoms with Crippen molar-refractivity contribution in [2.45, 2.75) is 57.6 Å². The molecule has 1 N–H and O–H groups in total. The highest BCUT2D eigenvalue weighted by Gasteiger charge is 2.20. The number of nitrogens with one attached hydrogen (secondary N) is 1. The first-order valence-electron chi connectivity index (χ1n) is 10.3. The lowest BCUT2D eigenvalue weighted by atomic mass is 9.90. The van der Waals surface area contributed by atoms with E-state index in [1.807, 2.05) is 32.0 Å². The molecule has 1 saturated carbocycles. The fourth-order valence-corrected chi connectivity index (χ4v) is 5.59. The van der Waals surface area contributed by atoms with Gasteiger partial charge in [0.25, 0.3) is 5.56 Å². The van der Waals surface area contributed by atoms with E-state index in [4.69, 9.17) is 0 Å². The molecule has 8 heteroatoms. The normalized spacial score (nSPS) is 14.9. The number of rotatable bonds is 6. The number of nitrogens with zero attached hydrogens (tertiary/aromatic N) is 3. The molecule has 1 aliphatic carbocycles. The van der Waals surface area contributed by atoms with Crippen molar-refractivity contribution in [1.29, 1.82) is 0 Å². The number of amides is 1. The van der Waals surface area contributed by atoms with Crippen LogP contribution in [0.5, 0.6) is 0 Å². The molecule has 3 aromatic rings. The van der Waals surface area contributed by atoms with Crippen LogP contribution in [0.15, 0.2) is 29.1 Å².